The van der Waals surface area contributed by atoms with Crippen molar-refractivity contribution >= 4 is 17.3 Å². The van der Waals surface area contributed by atoms with Crippen molar-refractivity contribution in [2.75, 3.05) is 43.2 Å². The molecule has 0 unspecified atom stereocenters. The summed E-state index contributed by atoms with van der Waals surface area (Å²) >= 11 is 0. The van der Waals surface area contributed by atoms with E-state index in [1.54, 1.807) is 11.1 Å². The molecule has 0 aliphatic carbocycles. The molecule has 0 bridgehead atoms. The molecular weight excluding hydrogens is 322 g/mol. The maximum atomic E-state index is 13.0. The predicted octanol–water partition coefficient (Wildman–Crippen LogP) is 0.697. The Morgan fingerprint density at radius 3 is 2.80 bits per heavy atom. The van der Waals surface area contributed by atoms with Crippen LogP contribution in [0.4, 0.5) is 11.4 Å². The molecule has 2 aliphatic rings. The smallest absolute Gasteiger partial charge is 0.280 e. The van der Waals surface area contributed by atoms with E-state index in [0.717, 1.165) is 24.3 Å². The molecule has 132 valence electrons. The Morgan fingerprint density at radius 2 is 2.04 bits per heavy atom. The van der Waals surface area contributed by atoms with Gasteiger partial charge in [-0.3, -0.25) is 4.79 Å². The maximum Gasteiger partial charge on any atom is 0.280 e. The zero-order valence-corrected chi connectivity index (χ0v) is 14.1. The van der Waals surface area contributed by atoms with Gasteiger partial charge in [0.15, 0.2) is 5.69 Å². The molecule has 8 nitrogen and oxygen atoms in total. The van der Waals surface area contributed by atoms with Crippen LogP contribution >= 0.6 is 0 Å². The monoisotopic (exact) mass is 343 g/mol. The molecule has 0 spiro atoms. The van der Waals surface area contributed by atoms with Gasteiger partial charge in [-0.25, -0.2) is 4.68 Å². The normalized spacial score (nSPS) is 23.4. The number of hydrogen-bond acceptors (Lipinski definition) is 6. The van der Waals surface area contributed by atoms with E-state index in [2.05, 4.69) is 15.2 Å². The van der Waals surface area contributed by atoms with Gasteiger partial charge in [0.05, 0.1) is 30.8 Å². The van der Waals surface area contributed by atoms with Crippen LogP contribution in [0.25, 0.3) is 0 Å². The summed E-state index contributed by atoms with van der Waals surface area (Å²) in [7, 11) is 2.03. The summed E-state index contributed by atoms with van der Waals surface area (Å²) in [6.07, 6.45) is 1.85. The number of nitrogens with zero attached hydrogens (tertiary/aromatic N) is 5. The second-order valence-corrected chi connectivity index (χ2v) is 6.48. The number of para-hydroxylation sites is 2. The van der Waals surface area contributed by atoms with Gasteiger partial charge in [0.1, 0.15) is 12.1 Å². The zero-order valence-electron chi connectivity index (χ0n) is 14.1. The highest BCUT2D eigenvalue weighted by Gasteiger charge is 2.31. The molecule has 8 heteroatoms. The second kappa shape index (κ2) is 6.45. The Hall–Kier alpha value is -2.45. The molecular formula is C17H21N5O3. The molecule has 0 saturated carbocycles. The van der Waals surface area contributed by atoms with Crippen LogP contribution in [-0.4, -0.2) is 65.5 Å². The fourth-order valence-electron chi connectivity index (χ4n) is 3.39. The third-order valence-electron chi connectivity index (χ3n) is 4.79. The van der Waals surface area contributed by atoms with Crippen LogP contribution in [0, 0.1) is 0 Å². The first kappa shape index (κ1) is 16.0. The quantitative estimate of drug-likeness (QED) is 0.864. The number of carbonyl (C=O) groups excluding carboxylic acids is 1. The van der Waals surface area contributed by atoms with Gasteiger partial charge in [0, 0.05) is 20.1 Å². The van der Waals surface area contributed by atoms with Gasteiger partial charge < -0.3 is 19.6 Å². The van der Waals surface area contributed by atoms with Crippen LogP contribution < -0.4 is 9.80 Å². The van der Waals surface area contributed by atoms with Gasteiger partial charge >= 0.3 is 0 Å². The van der Waals surface area contributed by atoms with E-state index in [0.29, 0.717) is 13.2 Å². The number of fused-ring (bicyclic) bond motifs is 1. The van der Waals surface area contributed by atoms with Crippen molar-refractivity contribution in [3.8, 4) is 0 Å². The van der Waals surface area contributed by atoms with Crippen molar-refractivity contribution in [3.05, 3.63) is 36.2 Å². The highest BCUT2D eigenvalue weighted by Crippen LogP contribution is 2.32. The second-order valence-electron chi connectivity index (χ2n) is 6.48. The molecule has 1 amide bonds. The van der Waals surface area contributed by atoms with E-state index in [4.69, 9.17) is 4.74 Å². The summed E-state index contributed by atoms with van der Waals surface area (Å²) in [6, 6.07) is 7.58. The summed E-state index contributed by atoms with van der Waals surface area (Å²) in [5.74, 6) is -0.178. The van der Waals surface area contributed by atoms with E-state index in [1.165, 1.54) is 4.68 Å². The standard InChI is InChI=1S/C17H21N5O3/c1-20-7-4-8-21(14-6-3-2-5-13(14)20)17(24)12-9-22(19-18-12)15-10-25-11-16(15)23/h2-3,5-6,9,15-16,23H,4,7-8,10-11H2,1H3/t15-,16-/m1/s1. The molecule has 2 atom stereocenters. The predicted molar refractivity (Wildman–Crippen MR) is 91.9 cm³/mol. The average molecular weight is 343 g/mol. The summed E-state index contributed by atoms with van der Waals surface area (Å²) in [4.78, 5) is 16.9. The largest absolute Gasteiger partial charge is 0.388 e. The van der Waals surface area contributed by atoms with Gasteiger partial charge in [0.25, 0.3) is 5.91 Å². The van der Waals surface area contributed by atoms with Crippen molar-refractivity contribution in [1.29, 1.82) is 0 Å². The lowest BCUT2D eigenvalue weighted by Crippen LogP contribution is -2.31. The lowest BCUT2D eigenvalue weighted by Gasteiger charge is -2.23. The van der Waals surface area contributed by atoms with Crippen LogP contribution in [0.5, 0.6) is 0 Å². The zero-order chi connectivity index (χ0) is 17.4. The Bertz CT molecular complexity index is 777. The molecule has 4 rings (SSSR count). The van der Waals surface area contributed by atoms with Crippen LogP contribution in [-0.2, 0) is 4.74 Å². The SMILES string of the molecule is CN1CCCN(C(=O)c2cn([C@@H]3COC[C@H]3O)nn2)c2ccccc21. The Kier molecular flexibility index (Phi) is 4.14. The number of aliphatic hydroxyl groups excluding tert-OH is 1. The molecule has 2 aliphatic heterocycles. The van der Waals surface area contributed by atoms with Crippen LogP contribution in [0.2, 0.25) is 0 Å². The van der Waals surface area contributed by atoms with Crippen molar-refractivity contribution in [1.82, 2.24) is 15.0 Å². The lowest BCUT2D eigenvalue weighted by molar-refractivity contribution is 0.0982. The third-order valence-corrected chi connectivity index (χ3v) is 4.79. The van der Waals surface area contributed by atoms with Crippen LogP contribution in [0.1, 0.15) is 23.0 Å². The molecule has 1 aromatic heterocycles. The minimum atomic E-state index is -0.628. The fraction of sp³-hybridized carbons (Fsp3) is 0.471. The van der Waals surface area contributed by atoms with Gasteiger partial charge in [-0.05, 0) is 18.6 Å². The number of aromatic nitrogens is 3. The van der Waals surface area contributed by atoms with Gasteiger partial charge in [-0.15, -0.1) is 5.10 Å². The summed E-state index contributed by atoms with van der Waals surface area (Å²) < 4.78 is 6.77. The summed E-state index contributed by atoms with van der Waals surface area (Å²) in [5.41, 5.74) is 2.19. The van der Waals surface area contributed by atoms with E-state index in [1.807, 2.05) is 31.3 Å². The first-order chi connectivity index (χ1) is 12.1. The fourth-order valence-corrected chi connectivity index (χ4v) is 3.39. The number of hydrogen-bond donors (Lipinski definition) is 1. The average Bonchev–Trinajstić information content (AvgIpc) is 3.23. The van der Waals surface area contributed by atoms with E-state index in [-0.39, 0.29) is 24.2 Å². The molecule has 1 aromatic carbocycles. The topological polar surface area (TPSA) is 83.7 Å². The minimum Gasteiger partial charge on any atom is -0.388 e. The molecule has 1 N–H and O–H groups in total. The number of benzene rings is 1. The number of aliphatic hydroxyl groups is 1. The van der Waals surface area contributed by atoms with Gasteiger partial charge in [0.2, 0.25) is 0 Å². The van der Waals surface area contributed by atoms with Crippen LogP contribution in [0.15, 0.2) is 30.5 Å². The molecule has 2 aromatic rings. The van der Waals surface area contributed by atoms with Crippen molar-refractivity contribution in [3.63, 3.8) is 0 Å². The van der Waals surface area contributed by atoms with Crippen molar-refractivity contribution in [2.24, 2.45) is 0 Å². The first-order valence-corrected chi connectivity index (χ1v) is 8.45. The Labute approximate surface area is 145 Å². The van der Waals surface area contributed by atoms with Crippen molar-refractivity contribution in [2.45, 2.75) is 18.6 Å². The minimum absolute atomic E-state index is 0.178. The molecule has 1 saturated heterocycles. The number of rotatable bonds is 2. The molecule has 25 heavy (non-hydrogen) atoms. The Balaban J connectivity index is 1.63. The van der Waals surface area contributed by atoms with E-state index >= 15 is 0 Å². The highest BCUT2D eigenvalue weighted by atomic mass is 16.5. The first-order valence-electron chi connectivity index (χ1n) is 8.45. The summed E-state index contributed by atoms with van der Waals surface area (Å²) in [6.45, 7) is 2.16. The number of carbonyl (C=O) groups is 1. The highest BCUT2D eigenvalue weighted by molar-refractivity contribution is 6.06. The van der Waals surface area contributed by atoms with Gasteiger partial charge in [-0.2, -0.15) is 0 Å². The number of amides is 1. The number of anilines is 2. The lowest BCUT2D eigenvalue weighted by atomic mass is 10.2. The van der Waals surface area contributed by atoms with E-state index < -0.39 is 6.10 Å². The molecule has 3 heterocycles. The van der Waals surface area contributed by atoms with E-state index in [9.17, 15) is 9.90 Å². The third kappa shape index (κ3) is 2.87. The maximum absolute atomic E-state index is 13.0. The van der Waals surface area contributed by atoms with Crippen molar-refractivity contribution < 1.29 is 14.6 Å². The number of ether oxygens (including phenoxy) is 1. The van der Waals surface area contributed by atoms with Crippen LogP contribution in [0.3, 0.4) is 0 Å². The van der Waals surface area contributed by atoms with Gasteiger partial charge in [-0.1, -0.05) is 17.3 Å². The summed E-state index contributed by atoms with van der Waals surface area (Å²) in [5, 5.41) is 18.0. The molecule has 1 fully saturated rings. The molecule has 0 radical (unpaired) electrons. The Morgan fingerprint density at radius 1 is 1.24 bits per heavy atom.